The highest BCUT2D eigenvalue weighted by molar-refractivity contribution is 9.10. The summed E-state index contributed by atoms with van der Waals surface area (Å²) in [5, 5.41) is 9.63. The van der Waals surface area contributed by atoms with E-state index in [2.05, 4.69) is 21.2 Å². The predicted molar refractivity (Wildman–Crippen MR) is 135 cm³/mol. The molecule has 0 atom stereocenters. The molecule has 3 rings (SSSR count). The molecule has 0 unspecified atom stereocenters. The fraction of sp³-hybridized carbons (Fsp3) is 0.217. The number of hydrogen-bond donors (Lipinski definition) is 2. The van der Waals surface area contributed by atoms with Crippen LogP contribution >= 0.6 is 39.1 Å². The Hall–Kier alpha value is -1.81. The van der Waals surface area contributed by atoms with E-state index in [1.807, 2.05) is 18.2 Å². The second-order valence-electron chi connectivity index (χ2n) is 7.20. The summed E-state index contributed by atoms with van der Waals surface area (Å²) in [4.78, 5) is 0.0992. The Morgan fingerprint density at radius 3 is 2.42 bits per heavy atom. The summed E-state index contributed by atoms with van der Waals surface area (Å²) in [6.45, 7) is 1.45. The highest BCUT2D eigenvalue weighted by atomic mass is 79.9. The van der Waals surface area contributed by atoms with Crippen molar-refractivity contribution >= 4 is 49.2 Å². The SMILES string of the molecule is COc1ccc(Br)c(CNCCc2ccc(S(N)(=O)=O)cc2)c1OCc1ccc(Cl)cc1Cl. The van der Waals surface area contributed by atoms with Crippen LogP contribution in [0, 0.1) is 0 Å². The molecule has 6 nitrogen and oxygen atoms in total. The van der Waals surface area contributed by atoms with E-state index < -0.39 is 10.0 Å². The number of ether oxygens (including phenoxy) is 2. The quantitative estimate of drug-likeness (QED) is 0.320. The molecule has 10 heteroatoms. The van der Waals surface area contributed by atoms with Crippen LogP contribution in [0.4, 0.5) is 0 Å². The number of benzene rings is 3. The molecule has 33 heavy (non-hydrogen) atoms. The monoisotopic (exact) mass is 572 g/mol. The van der Waals surface area contributed by atoms with Crippen molar-refractivity contribution in [2.45, 2.75) is 24.5 Å². The minimum Gasteiger partial charge on any atom is -0.493 e. The average molecular weight is 574 g/mol. The zero-order valence-corrected chi connectivity index (χ0v) is 21.7. The summed E-state index contributed by atoms with van der Waals surface area (Å²) in [6.07, 6.45) is 0.711. The fourth-order valence-electron chi connectivity index (χ4n) is 3.15. The van der Waals surface area contributed by atoms with Crippen LogP contribution < -0.4 is 19.9 Å². The molecule has 0 spiro atoms. The molecule has 0 aliphatic carbocycles. The van der Waals surface area contributed by atoms with E-state index in [4.69, 9.17) is 37.8 Å². The lowest BCUT2D eigenvalue weighted by atomic mass is 10.1. The van der Waals surface area contributed by atoms with E-state index in [0.29, 0.717) is 41.1 Å². The van der Waals surface area contributed by atoms with Crippen molar-refractivity contribution in [2.24, 2.45) is 5.14 Å². The highest BCUT2D eigenvalue weighted by Crippen LogP contribution is 2.37. The number of hydrogen-bond acceptors (Lipinski definition) is 5. The first-order valence-electron chi connectivity index (χ1n) is 9.93. The van der Waals surface area contributed by atoms with Gasteiger partial charge in [0, 0.05) is 32.2 Å². The lowest BCUT2D eigenvalue weighted by Crippen LogP contribution is -2.18. The van der Waals surface area contributed by atoms with Gasteiger partial charge in [0.15, 0.2) is 11.5 Å². The third-order valence-corrected chi connectivity index (χ3v) is 7.18. The van der Waals surface area contributed by atoms with Crippen molar-refractivity contribution in [3.63, 3.8) is 0 Å². The summed E-state index contributed by atoms with van der Waals surface area (Å²) >= 11 is 15.9. The molecule has 3 aromatic carbocycles. The molecule has 0 aromatic heterocycles. The van der Waals surface area contributed by atoms with Gasteiger partial charge in [0.2, 0.25) is 10.0 Å². The van der Waals surface area contributed by atoms with Crippen LogP contribution in [-0.2, 0) is 29.6 Å². The molecule has 0 aliphatic rings. The fourth-order valence-corrected chi connectivity index (χ4v) is 4.58. The second kappa shape index (κ2) is 11.6. The smallest absolute Gasteiger partial charge is 0.238 e. The predicted octanol–water partition coefficient (Wildman–Crippen LogP) is 5.32. The second-order valence-corrected chi connectivity index (χ2v) is 10.5. The van der Waals surface area contributed by atoms with Gasteiger partial charge in [-0.05, 0) is 54.9 Å². The molecule has 3 aromatic rings. The van der Waals surface area contributed by atoms with Crippen LogP contribution in [0.25, 0.3) is 0 Å². The molecule has 0 fully saturated rings. The molecular weight excluding hydrogens is 551 g/mol. The summed E-state index contributed by atoms with van der Waals surface area (Å²) in [7, 11) is -2.10. The lowest BCUT2D eigenvalue weighted by Gasteiger charge is -2.18. The van der Waals surface area contributed by atoms with Crippen molar-refractivity contribution < 1.29 is 17.9 Å². The molecule has 0 saturated heterocycles. The van der Waals surface area contributed by atoms with Gasteiger partial charge in [-0.25, -0.2) is 13.6 Å². The number of rotatable bonds is 10. The Labute approximate surface area is 212 Å². The van der Waals surface area contributed by atoms with Gasteiger partial charge < -0.3 is 14.8 Å². The van der Waals surface area contributed by atoms with Crippen molar-refractivity contribution in [2.75, 3.05) is 13.7 Å². The van der Waals surface area contributed by atoms with Crippen LogP contribution in [0.15, 0.2) is 64.0 Å². The lowest BCUT2D eigenvalue weighted by molar-refractivity contribution is 0.280. The van der Waals surface area contributed by atoms with E-state index in [9.17, 15) is 8.42 Å². The Bertz CT molecular complexity index is 1220. The minimum atomic E-state index is -3.69. The van der Waals surface area contributed by atoms with E-state index in [1.165, 1.54) is 12.1 Å². The van der Waals surface area contributed by atoms with Gasteiger partial charge in [0.1, 0.15) is 6.61 Å². The normalized spacial score (nSPS) is 11.4. The molecule has 0 bridgehead atoms. The van der Waals surface area contributed by atoms with Crippen LogP contribution in [0.3, 0.4) is 0 Å². The molecule has 0 heterocycles. The molecule has 0 amide bonds. The van der Waals surface area contributed by atoms with Crippen molar-refractivity contribution in [1.29, 1.82) is 0 Å². The molecule has 0 saturated carbocycles. The average Bonchev–Trinajstić information content (AvgIpc) is 2.77. The zero-order valence-electron chi connectivity index (χ0n) is 17.8. The number of sulfonamides is 1. The maximum absolute atomic E-state index is 11.4. The minimum absolute atomic E-state index is 0.0992. The molecule has 176 valence electrons. The third kappa shape index (κ3) is 7.09. The summed E-state index contributed by atoms with van der Waals surface area (Å²) in [6, 6.07) is 15.5. The molecular formula is C23H23BrCl2N2O4S. The summed E-state index contributed by atoms with van der Waals surface area (Å²) in [5.74, 6) is 1.22. The Kier molecular flexibility index (Phi) is 9.03. The number of nitrogens with one attached hydrogen (secondary N) is 1. The number of halogens is 3. The van der Waals surface area contributed by atoms with E-state index in [-0.39, 0.29) is 11.5 Å². The number of primary sulfonamides is 1. The third-order valence-electron chi connectivity index (χ3n) is 4.92. The zero-order chi connectivity index (χ0) is 24.0. The summed E-state index contributed by atoms with van der Waals surface area (Å²) < 4.78 is 35.3. The number of methoxy groups -OCH3 is 1. The summed E-state index contributed by atoms with van der Waals surface area (Å²) in [5.41, 5.74) is 2.71. The number of nitrogens with two attached hydrogens (primary N) is 1. The van der Waals surface area contributed by atoms with Gasteiger partial charge in [-0.3, -0.25) is 0 Å². The van der Waals surface area contributed by atoms with Crippen molar-refractivity contribution in [1.82, 2.24) is 5.32 Å². The maximum atomic E-state index is 11.4. The van der Waals surface area contributed by atoms with Gasteiger partial charge in [-0.2, -0.15) is 0 Å². The van der Waals surface area contributed by atoms with Gasteiger partial charge in [0.05, 0.1) is 12.0 Å². The Balaban J connectivity index is 1.67. The van der Waals surface area contributed by atoms with Crippen LogP contribution in [0.2, 0.25) is 10.0 Å². The molecule has 3 N–H and O–H groups in total. The van der Waals surface area contributed by atoms with Crippen LogP contribution in [0.5, 0.6) is 11.5 Å². The largest absolute Gasteiger partial charge is 0.493 e. The van der Waals surface area contributed by atoms with Gasteiger partial charge >= 0.3 is 0 Å². The van der Waals surface area contributed by atoms with E-state index in [1.54, 1.807) is 31.4 Å². The van der Waals surface area contributed by atoms with Crippen molar-refractivity contribution in [3.8, 4) is 11.5 Å². The van der Waals surface area contributed by atoms with Crippen molar-refractivity contribution in [3.05, 3.63) is 85.8 Å². The maximum Gasteiger partial charge on any atom is 0.238 e. The van der Waals surface area contributed by atoms with Crippen LogP contribution in [-0.4, -0.2) is 22.1 Å². The topological polar surface area (TPSA) is 90.6 Å². The van der Waals surface area contributed by atoms with E-state index >= 15 is 0 Å². The first-order chi connectivity index (χ1) is 15.7. The highest BCUT2D eigenvalue weighted by Gasteiger charge is 2.15. The molecule has 0 radical (unpaired) electrons. The van der Waals surface area contributed by atoms with Gasteiger partial charge in [0.25, 0.3) is 0 Å². The Morgan fingerprint density at radius 1 is 1.06 bits per heavy atom. The first-order valence-corrected chi connectivity index (χ1v) is 13.0. The van der Waals surface area contributed by atoms with E-state index in [0.717, 1.165) is 21.2 Å². The van der Waals surface area contributed by atoms with Gasteiger partial charge in [-0.1, -0.05) is 57.3 Å². The van der Waals surface area contributed by atoms with Crippen LogP contribution in [0.1, 0.15) is 16.7 Å². The first kappa shape index (κ1) is 25.8. The Morgan fingerprint density at radius 2 is 1.79 bits per heavy atom. The standard InChI is InChI=1S/C23H23BrCl2N2O4S/c1-31-22-9-8-20(24)19(23(22)32-14-16-4-5-17(25)12-21(16)26)13-28-11-10-15-2-6-18(7-3-15)33(27,29)30/h2-9,12,28H,10-11,13-14H2,1H3,(H2,27,29,30). The molecule has 0 aliphatic heterocycles. The van der Waals surface area contributed by atoms with Gasteiger partial charge in [-0.15, -0.1) is 0 Å².